The van der Waals surface area contributed by atoms with Gasteiger partial charge in [0.2, 0.25) is 5.91 Å². The zero-order chi connectivity index (χ0) is 22.9. The van der Waals surface area contributed by atoms with Gasteiger partial charge in [-0.05, 0) is 49.2 Å². The fourth-order valence-electron chi connectivity index (χ4n) is 3.15. The molecule has 3 aromatic carbocycles. The summed E-state index contributed by atoms with van der Waals surface area (Å²) in [5, 5.41) is 5.57. The van der Waals surface area contributed by atoms with Crippen LogP contribution in [0.4, 0.5) is 0 Å². The summed E-state index contributed by atoms with van der Waals surface area (Å²) in [6, 6.07) is 22.0. The molecule has 0 saturated carbocycles. The molecule has 6 heteroatoms. The van der Waals surface area contributed by atoms with E-state index in [1.807, 2.05) is 67.6 Å². The van der Waals surface area contributed by atoms with Crippen LogP contribution in [0.2, 0.25) is 0 Å². The summed E-state index contributed by atoms with van der Waals surface area (Å²) in [5.41, 5.74) is 3.44. The average molecular weight is 433 g/mol. The lowest BCUT2D eigenvalue weighted by molar-refractivity contribution is -0.122. The third-order valence-electron chi connectivity index (χ3n) is 4.95. The smallest absolute Gasteiger partial charge is 0.251 e. The van der Waals surface area contributed by atoms with Gasteiger partial charge in [0.15, 0.2) is 11.5 Å². The minimum atomic E-state index is -0.668. The van der Waals surface area contributed by atoms with Crippen LogP contribution in [0.3, 0.4) is 0 Å². The lowest BCUT2D eigenvalue weighted by Crippen LogP contribution is -2.44. The van der Waals surface area contributed by atoms with Gasteiger partial charge in [0.1, 0.15) is 12.6 Å². The van der Waals surface area contributed by atoms with E-state index in [9.17, 15) is 9.59 Å². The van der Waals surface area contributed by atoms with Crippen LogP contribution in [0.1, 0.15) is 34.0 Å². The number of carbonyl (C=O) groups excluding carboxylic acids is 2. The van der Waals surface area contributed by atoms with Gasteiger partial charge in [0, 0.05) is 12.1 Å². The second kappa shape index (κ2) is 11.0. The number of hydrogen-bond donors (Lipinski definition) is 2. The molecule has 0 fully saturated rings. The summed E-state index contributed by atoms with van der Waals surface area (Å²) >= 11 is 0. The molecular formula is C26H28N2O4. The Morgan fingerprint density at radius 2 is 1.69 bits per heavy atom. The number of methoxy groups -OCH3 is 1. The van der Waals surface area contributed by atoms with Gasteiger partial charge in [-0.25, -0.2) is 0 Å². The van der Waals surface area contributed by atoms with Crippen LogP contribution in [0, 0.1) is 6.92 Å². The summed E-state index contributed by atoms with van der Waals surface area (Å²) in [6.45, 7) is 4.31. The molecular weight excluding hydrogens is 404 g/mol. The Labute approximate surface area is 188 Å². The molecule has 0 heterocycles. The lowest BCUT2D eigenvalue weighted by atomic mass is 10.1. The maximum absolute atomic E-state index is 12.4. The van der Waals surface area contributed by atoms with Gasteiger partial charge in [-0.2, -0.15) is 0 Å². The Hall–Kier alpha value is -3.80. The van der Waals surface area contributed by atoms with Crippen molar-refractivity contribution in [3.63, 3.8) is 0 Å². The van der Waals surface area contributed by atoms with Crippen molar-refractivity contribution >= 4 is 11.8 Å². The first-order chi connectivity index (χ1) is 15.5. The van der Waals surface area contributed by atoms with Crippen LogP contribution in [0.15, 0.2) is 72.8 Å². The molecule has 0 bridgehead atoms. The van der Waals surface area contributed by atoms with Crippen molar-refractivity contribution in [1.82, 2.24) is 10.6 Å². The summed E-state index contributed by atoms with van der Waals surface area (Å²) in [6.07, 6.45) is 0. The summed E-state index contributed by atoms with van der Waals surface area (Å²) < 4.78 is 11.3. The second-order valence-electron chi connectivity index (χ2n) is 7.54. The topological polar surface area (TPSA) is 76.7 Å². The fourth-order valence-corrected chi connectivity index (χ4v) is 3.15. The molecule has 32 heavy (non-hydrogen) atoms. The summed E-state index contributed by atoms with van der Waals surface area (Å²) in [5.74, 6) is 0.672. The molecule has 0 aliphatic heterocycles. The standard InChI is InChI=1S/C26H28N2O4/c1-18-8-7-11-22(14-18)26(30)28-19(2)25(29)27-16-21-12-13-23(24(15-21)31-3)32-17-20-9-5-4-6-10-20/h4-15,19H,16-17H2,1-3H3,(H,27,29)(H,28,30). The maximum atomic E-state index is 12.4. The van der Waals surface area contributed by atoms with Crippen LogP contribution < -0.4 is 20.1 Å². The van der Waals surface area contributed by atoms with Gasteiger partial charge in [-0.3, -0.25) is 9.59 Å². The Morgan fingerprint density at radius 3 is 2.41 bits per heavy atom. The van der Waals surface area contributed by atoms with Crippen LogP contribution in [-0.2, 0) is 17.9 Å². The first-order valence-electron chi connectivity index (χ1n) is 10.4. The molecule has 0 radical (unpaired) electrons. The molecule has 0 aliphatic rings. The highest BCUT2D eigenvalue weighted by molar-refractivity contribution is 5.97. The van der Waals surface area contributed by atoms with Crippen molar-refractivity contribution in [1.29, 1.82) is 0 Å². The van der Waals surface area contributed by atoms with Gasteiger partial charge in [-0.15, -0.1) is 0 Å². The van der Waals surface area contributed by atoms with E-state index < -0.39 is 6.04 Å². The number of amides is 2. The van der Waals surface area contributed by atoms with Crippen LogP contribution in [0.25, 0.3) is 0 Å². The summed E-state index contributed by atoms with van der Waals surface area (Å²) in [7, 11) is 1.58. The largest absolute Gasteiger partial charge is 0.493 e. The van der Waals surface area contributed by atoms with E-state index in [0.29, 0.717) is 30.2 Å². The fraction of sp³-hybridized carbons (Fsp3) is 0.231. The first-order valence-corrected chi connectivity index (χ1v) is 10.4. The molecule has 2 N–H and O–H groups in total. The zero-order valence-electron chi connectivity index (χ0n) is 18.6. The normalized spacial score (nSPS) is 11.3. The molecule has 1 unspecified atom stereocenters. The lowest BCUT2D eigenvalue weighted by Gasteiger charge is -2.15. The number of ether oxygens (including phenoxy) is 2. The van der Waals surface area contributed by atoms with E-state index in [-0.39, 0.29) is 11.8 Å². The van der Waals surface area contributed by atoms with Crippen molar-refractivity contribution < 1.29 is 19.1 Å². The maximum Gasteiger partial charge on any atom is 0.251 e. The van der Waals surface area contributed by atoms with E-state index >= 15 is 0 Å². The Morgan fingerprint density at radius 1 is 0.906 bits per heavy atom. The number of nitrogens with one attached hydrogen (secondary N) is 2. The van der Waals surface area contributed by atoms with Crippen LogP contribution in [0.5, 0.6) is 11.5 Å². The quantitative estimate of drug-likeness (QED) is 0.536. The summed E-state index contributed by atoms with van der Waals surface area (Å²) in [4.78, 5) is 24.8. The number of rotatable bonds is 9. The van der Waals surface area contributed by atoms with Gasteiger partial charge in [0.05, 0.1) is 7.11 Å². The highest BCUT2D eigenvalue weighted by atomic mass is 16.5. The van der Waals surface area contributed by atoms with E-state index in [0.717, 1.165) is 16.7 Å². The average Bonchev–Trinajstić information content (AvgIpc) is 2.81. The van der Waals surface area contributed by atoms with E-state index in [2.05, 4.69) is 10.6 Å². The third kappa shape index (κ3) is 6.35. The van der Waals surface area contributed by atoms with Gasteiger partial charge in [-0.1, -0.05) is 54.1 Å². The Balaban J connectivity index is 1.53. The SMILES string of the molecule is COc1cc(CNC(=O)C(C)NC(=O)c2cccc(C)c2)ccc1OCc1ccccc1. The predicted molar refractivity (Wildman–Crippen MR) is 124 cm³/mol. The van der Waals surface area contributed by atoms with Crippen molar-refractivity contribution in [2.45, 2.75) is 33.0 Å². The number of benzene rings is 3. The molecule has 0 aromatic heterocycles. The molecule has 0 aliphatic carbocycles. The van der Waals surface area contributed by atoms with Gasteiger partial charge in [0.25, 0.3) is 5.91 Å². The van der Waals surface area contributed by atoms with Gasteiger partial charge < -0.3 is 20.1 Å². The molecule has 166 valence electrons. The van der Waals surface area contributed by atoms with Crippen molar-refractivity contribution in [3.05, 3.63) is 95.1 Å². The minimum absolute atomic E-state index is 0.269. The highest BCUT2D eigenvalue weighted by Gasteiger charge is 2.17. The molecule has 0 saturated heterocycles. The van der Waals surface area contributed by atoms with E-state index in [4.69, 9.17) is 9.47 Å². The number of hydrogen-bond acceptors (Lipinski definition) is 4. The molecule has 6 nitrogen and oxygen atoms in total. The molecule has 3 aromatic rings. The van der Waals surface area contributed by atoms with Crippen molar-refractivity contribution in [2.24, 2.45) is 0 Å². The highest BCUT2D eigenvalue weighted by Crippen LogP contribution is 2.28. The predicted octanol–water partition coefficient (Wildman–Crippen LogP) is 4.02. The zero-order valence-corrected chi connectivity index (χ0v) is 18.6. The monoisotopic (exact) mass is 432 g/mol. The minimum Gasteiger partial charge on any atom is -0.493 e. The van der Waals surface area contributed by atoms with E-state index in [1.165, 1.54) is 0 Å². The van der Waals surface area contributed by atoms with Crippen molar-refractivity contribution in [3.8, 4) is 11.5 Å². The second-order valence-corrected chi connectivity index (χ2v) is 7.54. The molecule has 1 atom stereocenters. The Kier molecular flexibility index (Phi) is 7.86. The van der Waals surface area contributed by atoms with Gasteiger partial charge >= 0.3 is 0 Å². The first kappa shape index (κ1) is 22.9. The van der Waals surface area contributed by atoms with Crippen LogP contribution in [-0.4, -0.2) is 25.0 Å². The van der Waals surface area contributed by atoms with Crippen molar-refractivity contribution in [2.75, 3.05) is 7.11 Å². The molecule has 3 rings (SSSR count). The number of carbonyl (C=O) groups is 2. The van der Waals surface area contributed by atoms with E-state index in [1.54, 1.807) is 26.2 Å². The molecule has 2 amide bonds. The Bertz CT molecular complexity index is 1070. The van der Waals surface area contributed by atoms with Crippen LogP contribution >= 0.6 is 0 Å². The number of aryl methyl sites for hydroxylation is 1. The third-order valence-corrected chi connectivity index (χ3v) is 4.95. The molecule has 0 spiro atoms.